The van der Waals surface area contributed by atoms with Crippen LogP contribution in [0.4, 0.5) is 4.39 Å². The normalized spacial score (nSPS) is 10.1. The zero-order chi connectivity index (χ0) is 8.39. The number of rotatable bonds is 1. The molecule has 1 radical (unpaired) electrons. The number of aromatic nitrogens is 3. The van der Waals surface area contributed by atoms with Gasteiger partial charge >= 0.3 is 0 Å². The number of hydrogen-bond acceptors (Lipinski definition) is 2. The van der Waals surface area contributed by atoms with Gasteiger partial charge in [-0.1, -0.05) is 0 Å². The molecule has 0 saturated carbocycles. The number of H-pyrrole nitrogens is 1. The molecule has 0 saturated heterocycles. The van der Waals surface area contributed by atoms with E-state index >= 15 is 0 Å². The molecular formula is C8H5FN3. The molecule has 3 nitrogen and oxygen atoms in total. The molecule has 2 rings (SSSR count). The van der Waals surface area contributed by atoms with Gasteiger partial charge in [-0.2, -0.15) is 5.10 Å². The average Bonchev–Trinajstić information content (AvgIpc) is 2.57. The Labute approximate surface area is 68.3 Å². The van der Waals surface area contributed by atoms with Crippen LogP contribution in [0.2, 0.25) is 0 Å². The molecule has 59 valence electrons. The van der Waals surface area contributed by atoms with Gasteiger partial charge in [0.05, 0.1) is 5.69 Å². The maximum absolute atomic E-state index is 13.0. The highest BCUT2D eigenvalue weighted by molar-refractivity contribution is 5.53. The minimum Gasteiger partial charge on any atom is -0.276 e. The van der Waals surface area contributed by atoms with Gasteiger partial charge < -0.3 is 0 Å². The minimum atomic E-state index is -0.471. The van der Waals surface area contributed by atoms with Gasteiger partial charge in [0.1, 0.15) is 5.69 Å². The molecule has 0 atom stereocenters. The lowest BCUT2D eigenvalue weighted by Gasteiger charge is -1.95. The van der Waals surface area contributed by atoms with Crippen molar-refractivity contribution in [3.05, 3.63) is 36.4 Å². The Balaban J connectivity index is 2.55. The van der Waals surface area contributed by atoms with Crippen LogP contribution in [0.25, 0.3) is 11.4 Å². The number of halogens is 1. The number of nitrogens with zero attached hydrogens (tertiary/aromatic N) is 2. The molecule has 0 amide bonds. The summed E-state index contributed by atoms with van der Waals surface area (Å²) in [5.41, 5.74) is 0.805. The molecule has 0 bridgehead atoms. The fourth-order valence-electron chi connectivity index (χ4n) is 0.923. The first-order valence-electron chi connectivity index (χ1n) is 3.40. The first kappa shape index (κ1) is 6.97. The predicted molar refractivity (Wildman–Crippen MR) is 40.6 cm³/mol. The van der Waals surface area contributed by atoms with Crippen molar-refractivity contribution in [1.29, 1.82) is 0 Å². The molecule has 0 aromatic carbocycles. The fraction of sp³-hybridized carbons (Fsp3) is 0. The topological polar surface area (TPSA) is 41.6 Å². The summed E-state index contributed by atoms with van der Waals surface area (Å²) in [7, 11) is 0. The number of hydrogen-bond donors (Lipinski definition) is 1. The van der Waals surface area contributed by atoms with Crippen molar-refractivity contribution in [2.45, 2.75) is 0 Å². The smallest absolute Gasteiger partial charge is 0.158 e. The third-order valence-corrected chi connectivity index (χ3v) is 1.45. The van der Waals surface area contributed by atoms with Crippen LogP contribution in [0.3, 0.4) is 0 Å². The number of nitrogens with one attached hydrogen (secondary N) is 1. The van der Waals surface area contributed by atoms with Crippen molar-refractivity contribution < 1.29 is 4.39 Å². The predicted octanol–water partition coefficient (Wildman–Crippen LogP) is 1.41. The van der Waals surface area contributed by atoms with Gasteiger partial charge in [0, 0.05) is 18.5 Å². The zero-order valence-corrected chi connectivity index (χ0v) is 6.08. The van der Waals surface area contributed by atoms with E-state index in [4.69, 9.17) is 0 Å². The molecule has 0 aliphatic carbocycles. The second kappa shape index (κ2) is 2.73. The molecule has 0 aliphatic heterocycles. The molecule has 2 aromatic rings. The summed E-state index contributed by atoms with van der Waals surface area (Å²) in [6.45, 7) is 0. The largest absolute Gasteiger partial charge is 0.276 e. The highest BCUT2D eigenvalue weighted by Gasteiger charge is 2.05. The lowest BCUT2D eigenvalue weighted by Crippen LogP contribution is -1.88. The summed E-state index contributed by atoms with van der Waals surface area (Å²) in [6, 6.07) is 5.49. The van der Waals surface area contributed by atoms with Crippen LogP contribution in [-0.2, 0) is 0 Å². The second-order valence-electron chi connectivity index (χ2n) is 2.22. The molecule has 12 heavy (non-hydrogen) atoms. The second-order valence-corrected chi connectivity index (χ2v) is 2.22. The summed E-state index contributed by atoms with van der Waals surface area (Å²) < 4.78 is 13.0. The summed E-state index contributed by atoms with van der Waals surface area (Å²) in [6.07, 6.45) is 3.03. The lowest BCUT2D eigenvalue weighted by atomic mass is 10.3. The third kappa shape index (κ3) is 1.07. The summed E-state index contributed by atoms with van der Waals surface area (Å²) >= 11 is 0. The maximum atomic E-state index is 13.0. The minimum absolute atomic E-state index is 0.245. The van der Waals surface area contributed by atoms with Gasteiger partial charge in [-0.25, -0.2) is 4.39 Å². The van der Waals surface area contributed by atoms with E-state index < -0.39 is 5.82 Å². The molecule has 2 heterocycles. The molecule has 0 aliphatic rings. The van der Waals surface area contributed by atoms with E-state index in [1.807, 2.05) is 0 Å². The SMILES string of the molecule is Fc1[c]ccnc1-c1ccn[nH]1. The van der Waals surface area contributed by atoms with Crippen LogP contribution in [0.1, 0.15) is 0 Å². The maximum Gasteiger partial charge on any atom is 0.158 e. The van der Waals surface area contributed by atoms with Crippen LogP contribution < -0.4 is 0 Å². The van der Waals surface area contributed by atoms with Crippen molar-refractivity contribution in [2.75, 3.05) is 0 Å². The number of aromatic amines is 1. The van der Waals surface area contributed by atoms with Crippen LogP contribution in [0.15, 0.2) is 24.5 Å². The zero-order valence-electron chi connectivity index (χ0n) is 6.08. The summed E-state index contributed by atoms with van der Waals surface area (Å²) in [5.74, 6) is -0.471. The van der Waals surface area contributed by atoms with Crippen molar-refractivity contribution >= 4 is 0 Å². The molecule has 0 fully saturated rings. The van der Waals surface area contributed by atoms with Crippen LogP contribution in [0.5, 0.6) is 0 Å². The Bertz CT molecular complexity index is 370. The third-order valence-electron chi connectivity index (χ3n) is 1.45. The van der Waals surface area contributed by atoms with E-state index in [0.29, 0.717) is 5.69 Å². The molecule has 2 aromatic heterocycles. The Morgan fingerprint density at radius 2 is 2.33 bits per heavy atom. The summed E-state index contributed by atoms with van der Waals surface area (Å²) in [5, 5.41) is 6.32. The first-order chi connectivity index (χ1) is 5.88. The lowest BCUT2D eigenvalue weighted by molar-refractivity contribution is 0.622. The van der Waals surface area contributed by atoms with Gasteiger partial charge in [0.25, 0.3) is 0 Å². The fourth-order valence-corrected chi connectivity index (χ4v) is 0.923. The quantitative estimate of drug-likeness (QED) is 0.688. The van der Waals surface area contributed by atoms with Crippen molar-refractivity contribution in [2.24, 2.45) is 0 Å². The monoisotopic (exact) mass is 162 g/mol. The molecule has 1 N–H and O–H groups in total. The van der Waals surface area contributed by atoms with Crippen LogP contribution >= 0.6 is 0 Å². The Morgan fingerprint density at radius 3 is 3.00 bits per heavy atom. The van der Waals surface area contributed by atoms with E-state index in [2.05, 4.69) is 21.2 Å². The molecule has 0 spiro atoms. The van der Waals surface area contributed by atoms with Gasteiger partial charge in [-0.05, 0) is 12.1 Å². The average molecular weight is 162 g/mol. The van der Waals surface area contributed by atoms with Gasteiger partial charge in [-0.15, -0.1) is 0 Å². The molecular weight excluding hydrogens is 157 g/mol. The Kier molecular flexibility index (Phi) is 1.59. The van der Waals surface area contributed by atoms with Crippen molar-refractivity contribution in [3.8, 4) is 11.4 Å². The van der Waals surface area contributed by atoms with Gasteiger partial charge in [-0.3, -0.25) is 10.1 Å². The van der Waals surface area contributed by atoms with Crippen molar-refractivity contribution in [3.63, 3.8) is 0 Å². The van der Waals surface area contributed by atoms with Crippen LogP contribution in [-0.4, -0.2) is 15.2 Å². The van der Waals surface area contributed by atoms with E-state index in [9.17, 15) is 4.39 Å². The highest BCUT2D eigenvalue weighted by Crippen LogP contribution is 2.15. The Hall–Kier alpha value is -1.71. The van der Waals surface area contributed by atoms with Crippen molar-refractivity contribution in [1.82, 2.24) is 15.2 Å². The van der Waals surface area contributed by atoms with E-state index in [1.165, 1.54) is 12.3 Å². The van der Waals surface area contributed by atoms with E-state index in [-0.39, 0.29) is 5.69 Å². The molecule has 4 heteroatoms. The highest BCUT2D eigenvalue weighted by atomic mass is 19.1. The Morgan fingerprint density at radius 1 is 1.42 bits per heavy atom. The van der Waals surface area contributed by atoms with Gasteiger partial charge in [0.15, 0.2) is 5.82 Å². The summed E-state index contributed by atoms with van der Waals surface area (Å²) in [4.78, 5) is 3.84. The molecule has 0 unspecified atom stereocenters. The van der Waals surface area contributed by atoms with Gasteiger partial charge in [0.2, 0.25) is 0 Å². The van der Waals surface area contributed by atoms with Crippen LogP contribution in [0, 0.1) is 11.9 Å². The number of pyridine rings is 1. The standard InChI is InChI=1S/C8H5FN3/c9-6-2-1-4-10-8(6)7-3-5-11-12-7/h1,3-5H,(H,11,12). The first-order valence-corrected chi connectivity index (χ1v) is 3.40. The van der Waals surface area contributed by atoms with E-state index in [0.717, 1.165) is 0 Å². The van der Waals surface area contributed by atoms with E-state index in [1.54, 1.807) is 12.3 Å².